The van der Waals surface area contributed by atoms with E-state index < -0.39 is 10.0 Å². The van der Waals surface area contributed by atoms with Gasteiger partial charge in [0.15, 0.2) is 0 Å². The molecule has 1 rings (SSSR count). The molecule has 0 aromatic carbocycles. The van der Waals surface area contributed by atoms with E-state index in [0.29, 0.717) is 41.8 Å². The Kier molecular flexibility index (Phi) is 6.37. The molecule has 0 spiro atoms. The molecule has 2 N–H and O–H groups in total. The van der Waals surface area contributed by atoms with Crippen molar-refractivity contribution in [3.8, 4) is 0 Å². The number of nitrogens with two attached hydrogens (primary N) is 1. The van der Waals surface area contributed by atoms with Gasteiger partial charge in [-0.2, -0.15) is 5.10 Å². The van der Waals surface area contributed by atoms with Crippen LogP contribution in [0, 0.1) is 19.8 Å². The van der Waals surface area contributed by atoms with Gasteiger partial charge in [-0.05, 0) is 32.7 Å². The van der Waals surface area contributed by atoms with Gasteiger partial charge in [-0.1, -0.05) is 20.3 Å². The van der Waals surface area contributed by atoms with Gasteiger partial charge in [0.25, 0.3) is 0 Å². The third kappa shape index (κ3) is 4.05. The number of sulfonamides is 1. The summed E-state index contributed by atoms with van der Waals surface area (Å²) in [6, 6.07) is 0. The van der Waals surface area contributed by atoms with E-state index in [1.54, 1.807) is 25.6 Å². The average molecular weight is 316 g/mol. The zero-order chi connectivity index (χ0) is 16.2. The Balaban J connectivity index is 3.11. The second kappa shape index (κ2) is 7.38. The van der Waals surface area contributed by atoms with Crippen molar-refractivity contribution in [1.29, 1.82) is 0 Å². The van der Waals surface area contributed by atoms with E-state index in [9.17, 15) is 8.42 Å². The molecule has 0 saturated heterocycles. The molecule has 0 bridgehead atoms. The Morgan fingerprint density at radius 1 is 1.38 bits per heavy atom. The summed E-state index contributed by atoms with van der Waals surface area (Å²) in [6.07, 6.45) is 1.73. The van der Waals surface area contributed by atoms with E-state index in [1.165, 1.54) is 4.31 Å². The average Bonchev–Trinajstić information content (AvgIpc) is 2.71. The highest BCUT2D eigenvalue weighted by Crippen LogP contribution is 2.23. The first kappa shape index (κ1) is 18.1. The molecule has 0 saturated carbocycles. The molecule has 1 atom stereocenters. The number of aryl methyl sites for hydroxylation is 2. The van der Waals surface area contributed by atoms with Gasteiger partial charge in [-0.3, -0.25) is 4.68 Å². The van der Waals surface area contributed by atoms with Crippen molar-refractivity contribution < 1.29 is 8.42 Å². The zero-order valence-corrected chi connectivity index (χ0v) is 14.6. The summed E-state index contributed by atoms with van der Waals surface area (Å²) in [4.78, 5) is 0.338. The van der Waals surface area contributed by atoms with Gasteiger partial charge in [-0.25, -0.2) is 12.7 Å². The Bertz CT molecular complexity index is 566. The van der Waals surface area contributed by atoms with Crippen molar-refractivity contribution in [3.05, 3.63) is 11.4 Å². The molecule has 1 heterocycles. The smallest absolute Gasteiger partial charge is 0.246 e. The van der Waals surface area contributed by atoms with Crippen molar-refractivity contribution >= 4 is 10.0 Å². The van der Waals surface area contributed by atoms with Gasteiger partial charge in [0.2, 0.25) is 10.0 Å². The largest absolute Gasteiger partial charge is 0.330 e. The van der Waals surface area contributed by atoms with Crippen LogP contribution in [0.15, 0.2) is 4.90 Å². The molecule has 0 radical (unpaired) electrons. The molecule has 0 aliphatic rings. The van der Waals surface area contributed by atoms with E-state index in [2.05, 4.69) is 18.9 Å². The van der Waals surface area contributed by atoms with Crippen LogP contribution >= 0.6 is 0 Å². The van der Waals surface area contributed by atoms with E-state index >= 15 is 0 Å². The maximum Gasteiger partial charge on any atom is 0.246 e. The topological polar surface area (TPSA) is 81.2 Å². The first-order valence-corrected chi connectivity index (χ1v) is 8.90. The number of hydrogen-bond donors (Lipinski definition) is 1. The summed E-state index contributed by atoms with van der Waals surface area (Å²) in [5, 5.41) is 4.35. The van der Waals surface area contributed by atoms with E-state index in [-0.39, 0.29) is 0 Å². The SMILES string of the molecule is CCC(C)CN(C)S(=O)(=O)c1c(C)nn(CCCN)c1C. The van der Waals surface area contributed by atoms with Crippen LogP contribution < -0.4 is 5.73 Å². The van der Waals surface area contributed by atoms with E-state index in [0.717, 1.165) is 12.8 Å². The number of hydrogen-bond acceptors (Lipinski definition) is 4. The molecule has 6 nitrogen and oxygen atoms in total. The summed E-state index contributed by atoms with van der Waals surface area (Å²) in [5.74, 6) is 0.331. The number of aromatic nitrogens is 2. The van der Waals surface area contributed by atoms with Crippen LogP contribution in [0.25, 0.3) is 0 Å². The molecule has 0 amide bonds. The van der Waals surface area contributed by atoms with Crippen molar-refractivity contribution in [2.45, 2.75) is 52.0 Å². The highest BCUT2D eigenvalue weighted by atomic mass is 32.2. The summed E-state index contributed by atoms with van der Waals surface area (Å²) in [7, 11) is -1.85. The molecule has 0 fully saturated rings. The van der Waals surface area contributed by atoms with E-state index in [4.69, 9.17) is 5.73 Å². The van der Waals surface area contributed by atoms with Crippen LogP contribution in [-0.2, 0) is 16.6 Å². The third-order valence-electron chi connectivity index (χ3n) is 3.82. The molecule has 0 aliphatic carbocycles. The third-order valence-corrected chi connectivity index (χ3v) is 5.90. The maximum atomic E-state index is 12.8. The summed E-state index contributed by atoms with van der Waals surface area (Å²) in [5.41, 5.74) is 6.76. The van der Waals surface area contributed by atoms with Crippen LogP contribution in [0.3, 0.4) is 0 Å². The Morgan fingerprint density at radius 2 is 2.00 bits per heavy atom. The van der Waals surface area contributed by atoms with Crippen LogP contribution in [0.4, 0.5) is 0 Å². The molecule has 1 unspecified atom stereocenters. The zero-order valence-electron chi connectivity index (χ0n) is 13.8. The predicted octanol–water partition coefficient (Wildman–Crippen LogP) is 1.52. The first-order valence-electron chi connectivity index (χ1n) is 7.46. The van der Waals surface area contributed by atoms with Crippen molar-refractivity contribution in [3.63, 3.8) is 0 Å². The number of rotatable bonds is 8. The molecular weight excluding hydrogens is 288 g/mol. The second-order valence-corrected chi connectivity index (χ2v) is 7.65. The molecule has 1 aromatic heterocycles. The Labute approximate surface area is 128 Å². The van der Waals surface area contributed by atoms with E-state index in [1.807, 2.05) is 0 Å². The highest BCUT2D eigenvalue weighted by molar-refractivity contribution is 7.89. The van der Waals surface area contributed by atoms with Gasteiger partial charge in [0.05, 0.1) is 11.4 Å². The minimum Gasteiger partial charge on any atom is -0.330 e. The highest BCUT2D eigenvalue weighted by Gasteiger charge is 2.29. The van der Waals surface area contributed by atoms with Crippen LogP contribution in [0.2, 0.25) is 0 Å². The molecule has 122 valence electrons. The van der Waals surface area contributed by atoms with Crippen molar-refractivity contribution in [2.24, 2.45) is 11.7 Å². The normalized spacial score (nSPS) is 13.9. The lowest BCUT2D eigenvalue weighted by atomic mass is 10.1. The lowest BCUT2D eigenvalue weighted by Crippen LogP contribution is -2.31. The fraction of sp³-hybridized carbons (Fsp3) is 0.786. The summed E-state index contributed by atoms with van der Waals surface area (Å²) >= 11 is 0. The molecule has 21 heavy (non-hydrogen) atoms. The standard InChI is InChI=1S/C14H28N4O2S/c1-6-11(2)10-17(5)21(19,20)14-12(3)16-18(13(14)4)9-7-8-15/h11H,6-10,15H2,1-5H3. The van der Waals surface area contributed by atoms with Crippen LogP contribution in [0.5, 0.6) is 0 Å². The van der Waals surface area contributed by atoms with Gasteiger partial charge < -0.3 is 5.73 Å². The predicted molar refractivity (Wildman–Crippen MR) is 84.6 cm³/mol. The van der Waals surface area contributed by atoms with Crippen LogP contribution in [0.1, 0.15) is 38.1 Å². The first-order chi connectivity index (χ1) is 9.75. The Hall–Kier alpha value is -0.920. The van der Waals surface area contributed by atoms with Gasteiger partial charge in [0.1, 0.15) is 4.90 Å². The molecule has 7 heteroatoms. The number of nitrogens with zero attached hydrogens (tertiary/aromatic N) is 3. The fourth-order valence-corrected chi connectivity index (χ4v) is 3.99. The Morgan fingerprint density at radius 3 is 2.52 bits per heavy atom. The van der Waals surface area contributed by atoms with Crippen LogP contribution in [-0.4, -0.2) is 42.6 Å². The molecule has 0 aliphatic heterocycles. The lowest BCUT2D eigenvalue weighted by molar-refractivity contribution is 0.393. The lowest BCUT2D eigenvalue weighted by Gasteiger charge is -2.20. The van der Waals surface area contributed by atoms with Gasteiger partial charge in [0, 0.05) is 20.1 Å². The van der Waals surface area contributed by atoms with Crippen molar-refractivity contribution in [1.82, 2.24) is 14.1 Å². The summed E-state index contributed by atoms with van der Waals surface area (Å²) < 4.78 is 28.7. The molecular formula is C14H28N4O2S. The van der Waals surface area contributed by atoms with Crippen molar-refractivity contribution in [2.75, 3.05) is 20.1 Å². The monoisotopic (exact) mass is 316 g/mol. The van der Waals surface area contributed by atoms with Gasteiger partial charge >= 0.3 is 0 Å². The maximum absolute atomic E-state index is 12.8. The minimum atomic E-state index is -3.49. The quantitative estimate of drug-likeness (QED) is 0.788. The second-order valence-electron chi connectivity index (χ2n) is 5.66. The molecule has 1 aromatic rings. The summed E-state index contributed by atoms with van der Waals surface area (Å²) in [6.45, 7) is 9.40. The van der Waals surface area contributed by atoms with Gasteiger partial charge in [-0.15, -0.1) is 0 Å². The fourth-order valence-electron chi connectivity index (χ4n) is 2.33. The minimum absolute atomic E-state index is 0.331.